The number of carboxylic acid groups (broad SMARTS) is 1. The minimum Gasteiger partial charge on any atom is -0.481 e. The summed E-state index contributed by atoms with van der Waals surface area (Å²) in [7, 11) is 3.82. The maximum atomic E-state index is 10.3. The van der Waals surface area contributed by atoms with Gasteiger partial charge in [0.2, 0.25) is 0 Å². The van der Waals surface area contributed by atoms with Crippen molar-refractivity contribution in [2.24, 2.45) is 5.92 Å². The van der Waals surface area contributed by atoms with Crippen LogP contribution in [0.25, 0.3) is 10.1 Å². The molecule has 1 aromatic heterocycles. The molecule has 1 saturated heterocycles. The number of rotatable bonds is 8. The van der Waals surface area contributed by atoms with Gasteiger partial charge in [0.15, 0.2) is 0 Å². The van der Waals surface area contributed by atoms with Crippen molar-refractivity contribution in [3.05, 3.63) is 47.9 Å². The molecule has 29 heavy (non-hydrogen) atoms. The number of benzene rings is 1. The molecule has 1 radical (unpaired) electrons. The van der Waals surface area contributed by atoms with Crippen LogP contribution in [0.2, 0.25) is 12.1 Å². The van der Waals surface area contributed by atoms with Crippen LogP contribution < -0.4 is 0 Å². The fourth-order valence-electron chi connectivity index (χ4n) is 3.30. The maximum Gasteiger partial charge on any atom is 0.303 e. The van der Waals surface area contributed by atoms with Gasteiger partial charge in [-0.15, -0.1) is 11.3 Å². The zero-order valence-corrected chi connectivity index (χ0v) is 18.6. The van der Waals surface area contributed by atoms with E-state index in [0.717, 1.165) is 19.2 Å². The summed E-state index contributed by atoms with van der Waals surface area (Å²) in [6.07, 6.45) is 7.19. The molecule has 159 valence electrons. The molecule has 1 aliphatic rings. The van der Waals surface area contributed by atoms with E-state index in [9.17, 15) is 9.90 Å². The number of ether oxygens (including phenoxy) is 1. The van der Waals surface area contributed by atoms with Crippen LogP contribution in [0.4, 0.5) is 0 Å². The third kappa shape index (κ3) is 9.61. The fourth-order valence-corrected chi connectivity index (χ4v) is 4.09. The summed E-state index contributed by atoms with van der Waals surface area (Å²) in [5.74, 6) is -0.176. The first-order valence-electron chi connectivity index (χ1n) is 10.4. The van der Waals surface area contributed by atoms with Gasteiger partial charge in [-0.1, -0.05) is 56.3 Å². The molecule has 0 bridgehead atoms. The summed E-state index contributed by atoms with van der Waals surface area (Å²) in [6, 6.07) is 10.5. The van der Waals surface area contributed by atoms with Crippen molar-refractivity contribution in [2.75, 3.05) is 13.7 Å². The molecule has 0 aliphatic carbocycles. The Hall–Kier alpha value is -1.63. The monoisotopic (exact) mass is 417 g/mol. The van der Waals surface area contributed by atoms with E-state index in [4.69, 9.17) is 9.84 Å². The number of allylic oxidation sites excluding steroid dienone is 2. The molecule has 1 fully saturated rings. The number of methoxy groups -OCH3 is 1. The Kier molecular flexibility index (Phi) is 13.4. The molecule has 0 saturated carbocycles. The zero-order valence-electron chi connectivity index (χ0n) is 17.8. The number of fused-ring (bicyclic) bond motifs is 1. The largest absolute Gasteiger partial charge is 0.481 e. The second kappa shape index (κ2) is 15.2. The lowest BCUT2D eigenvalue weighted by Crippen LogP contribution is -2.21. The van der Waals surface area contributed by atoms with Crippen molar-refractivity contribution in [2.45, 2.75) is 57.8 Å². The lowest BCUT2D eigenvalue weighted by molar-refractivity contribution is -0.137. The minimum absolute atomic E-state index is 0.193. The summed E-state index contributed by atoms with van der Waals surface area (Å²) < 4.78 is 6.50. The van der Waals surface area contributed by atoms with Gasteiger partial charge in [-0.05, 0) is 42.2 Å². The molecule has 1 aromatic carbocycles. The van der Waals surface area contributed by atoms with E-state index >= 15 is 0 Å². The Bertz CT molecular complexity index is 685. The van der Waals surface area contributed by atoms with Gasteiger partial charge in [0, 0.05) is 24.1 Å². The molecule has 3 atom stereocenters. The van der Waals surface area contributed by atoms with Gasteiger partial charge in [0.05, 0.1) is 12.7 Å². The van der Waals surface area contributed by atoms with Crippen molar-refractivity contribution in [1.29, 1.82) is 0 Å². The van der Waals surface area contributed by atoms with Gasteiger partial charge >= 0.3 is 5.97 Å². The van der Waals surface area contributed by atoms with E-state index in [0.29, 0.717) is 18.8 Å². The Morgan fingerprint density at radius 1 is 1.28 bits per heavy atom. The number of carboxylic acids is 1. The third-order valence-electron chi connectivity index (χ3n) is 4.78. The molecular formula is C23H34BO4S. The Morgan fingerprint density at radius 2 is 2.03 bits per heavy atom. The van der Waals surface area contributed by atoms with Crippen LogP contribution in [0.3, 0.4) is 0 Å². The first kappa shape index (κ1) is 25.4. The highest BCUT2D eigenvalue weighted by Crippen LogP contribution is 2.35. The van der Waals surface area contributed by atoms with Crippen LogP contribution in [0.15, 0.2) is 47.9 Å². The van der Waals surface area contributed by atoms with E-state index in [1.54, 1.807) is 18.4 Å². The summed E-state index contributed by atoms with van der Waals surface area (Å²) >= 11 is 1.79. The number of aliphatic hydroxyl groups is 1. The number of aliphatic carboxylic acids is 1. The maximum absolute atomic E-state index is 10.3. The highest BCUT2D eigenvalue weighted by atomic mass is 32.1. The smallest absolute Gasteiger partial charge is 0.303 e. The predicted molar refractivity (Wildman–Crippen MR) is 124 cm³/mol. The Balaban J connectivity index is 0.000000315. The van der Waals surface area contributed by atoms with Gasteiger partial charge < -0.3 is 14.9 Å². The quantitative estimate of drug-likeness (QED) is 0.330. The van der Waals surface area contributed by atoms with Gasteiger partial charge in [-0.25, -0.2) is 0 Å². The summed E-state index contributed by atoms with van der Waals surface area (Å²) in [5.41, 5.74) is 0. The molecule has 0 amide bonds. The number of unbranched alkanes of at least 4 members (excludes halogenated alkanes) is 1. The lowest BCUT2D eigenvalue weighted by atomic mass is 9.64. The highest BCUT2D eigenvalue weighted by Gasteiger charge is 2.34. The molecule has 2 N–H and O–H groups in total. The van der Waals surface area contributed by atoms with Crippen molar-refractivity contribution in [3.63, 3.8) is 0 Å². The SMILES string of the molecule is CC.COC[C@H]1[C@H](O)C[B][C@@H]1CC=CCCCC(=O)O.c1ccc2sccc2c1. The molecular weight excluding hydrogens is 383 g/mol. The van der Waals surface area contributed by atoms with Crippen LogP contribution in [-0.2, 0) is 9.53 Å². The molecule has 1 aliphatic heterocycles. The minimum atomic E-state index is -0.740. The van der Waals surface area contributed by atoms with Gasteiger partial charge in [-0.3, -0.25) is 4.79 Å². The van der Waals surface area contributed by atoms with Gasteiger partial charge in [0.25, 0.3) is 0 Å². The Labute approximate surface area is 179 Å². The topological polar surface area (TPSA) is 66.8 Å². The predicted octanol–water partition coefficient (Wildman–Crippen LogP) is 5.66. The van der Waals surface area contributed by atoms with E-state index < -0.39 is 5.97 Å². The summed E-state index contributed by atoms with van der Waals surface area (Å²) in [6.45, 7) is 4.59. The average molecular weight is 417 g/mol. The van der Waals surface area contributed by atoms with E-state index in [1.165, 1.54) is 10.1 Å². The van der Waals surface area contributed by atoms with Gasteiger partial charge in [0.1, 0.15) is 7.28 Å². The number of hydrogen-bond donors (Lipinski definition) is 2. The number of aliphatic hydroxyl groups excluding tert-OH is 1. The second-order valence-corrected chi connectivity index (χ2v) is 7.72. The number of thiophene rings is 1. The summed E-state index contributed by atoms with van der Waals surface area (Å²) in [5, 5.41) is 21.8. The molecule has 3 rings (SSSR count). The molecule has 4 nitrogen and oxygen atoms in total. The van der Waals surface area contributed by atoms with Crippen LogP contribution in [-0.4, -0.2) is 43.3 Å². The van der Waals surface area contributed by atoms with E-state index in [1.807, 2.05) is 19.9 Å². The zero-order chi connectivity index (χ0) is 21.5. The fraction of sp³-hybridized carbons (Fsp3) is 0.522. The first-order chi connectivity index (χ1) is 14.1. The summed E-state index contributed by atoms with van der Waals surface area (Å²) in [4.78, 5) is 10.3. The average Bonchev–Trinajstić information content (AvgIpc) is 3.34. The highest BCUT2D eigenvalue weighted by molar-refractivity contribution is 7.17. The molecule has 2 aromatic rings. The number of carbonyl (C=O) groups is 1. The van der Waals surface area contributed by atoms with Crippen LogP contribution in [0.5, 0.6) is 0 Å². The second-order valence-electron chi connectivity index (χ2n) is 6.77. The number of hydrogen-bond acceptors (Lipinski definition) is 4. The normalized spacial score (nSPS) is 20.5. The lowest BCUT2D eigenvalue weighted by Gasteiger charge is -2.20. The van der Waals surface area contributed by atoms with Crippen molar-refractivity contribution in [3.8, 4) is 0 Å². The Morgan fingerprint density at radius 3 is 2.72 bits per heavy atom. The van der Waals surface area contributed by atoms with Crippen LogP contribution >= 0.6 is 11.3 Å². The molecule has 2 heterocycles. The van der Waals surface area contributed by atoms with Crippen molar-refractivity contribution in [1.82, 2.24) is 0 Å². The standard InChI is InChI=1S/C13H22BO4.C8H6S.C2H6/c1-18-9-10-11(14-8-12(10)15)6-4-2-3-5-7-13(16)17;1-2-4-8-7(3-1)5-6-9-8;1-2/h2,4,10-12,15H,3,5-9H2,1H3,(H,16,17);1-6H;1-2H3/t10-,11-,12-;;/m1../s1. The van der Waals surface area contributed by atoms with E-state index in [-0.39, 0.29) is 18.4 Å². The van der Waals surface area contributed by atoms with Gasteiger partial charge in [-0.2, -0.15) is 0 Å². The van der Waals surface area contributed by atoms with Crippen molar-refractivity contribution >= 4 is 34.7 Å². The molecule has 0 unspecified atom stereocenters. The van der Waals surface area contributed by atoms with E-state index in [2.05, 4.69) is 49.1 Å². The van der Waals surface area contributed by atoms with Crippen LogP contribution in [0, 0.1) is 5.92 Å². The molecule has 0 spiro atoms. The molecule has 6 heteroatoms. The van der Waals surface area contributed by atoms with Crippen molar-refractivity contribution < 1.29 is 19.7 Å². The third-order valence-corrected chi connectivity index (χ3v) is 5.68. The van der Waals surface area contributed by atoms with Crippen LogP contribution in [0.1, 0.15) is 39.5 Å². The first-order valence-corrected chi connectivity index (χ1v) is 11.3.